The first kappa shape index (κ1) is 8.05. The van der Waals surface area contributed by atoms with Crippen LogP contribution in [0.1, 0.15) is 13.8 Å². The van der Waals surface area contributed by atoms with E-state index in [4.69, 9.17) is 0 Å². The molecule has 2 aliphatic rings. The fraction of sp³-hybridized carbons (Fsp3) is 0.889. The van der Waals surface area contributed by atoms with Crippen molar-refractivity contribution in [2.24, 2.45) is 10.9 Å². The van der Waals surface area contributed by atoms with Crippen molar-refractivity contribution in [1.29, 1.82) is 0 Å². The van der Waals surface area contributed by atoms with E-state index in [1.54, 1.807) is 0 Å². The van der Waals surface area contributed by atoms with E-state index in [0.717, 1.165) is 26.2 Å². The summed E-state index contributed by atoms with van der Waals surface area (Å²) in [6.45, 7) is 8.82. The summed E-state index contributed by atoms with van der Waals surface area (Å²) in [4.78, 5) is 7.06. The fourth-order valence-corrected chi connectivity index (χ4v) is 2.03. The molecular weight excluding hydrogens is 150 g/mol. The third-order valence-corrected chi connectivity index (χ3v) is 2.62. The van der Waals surface area contributed by atoms with Crippen LogP contribution in [0.4, 0.5) is 0 Å². The zero-order chi connectivity index (χ0) is 8.55. The zero-order valence-corrected chi connectivity index (χ0v) is 7.88. The summed E-state index contributed by atoms with van der Waals surface area (Å²) >= 11 is 0. The summed E-state index contributed by atoms with van der Waals surface area (Å²) in [6, 6.07) is 0.649. The molecule has 2 rings (SSSR count). The van der Waals surface area contributed by atoms with Gasteiger partial charge in [0.25, 0.3) is 0 Å². The molecule has 12 heavy (non-hydrogen) atoms. The monoisotopic (exact) mass is 167 g/mol. The Morgan fingerprint density at radius 1 is 1.58 bits per heavy atom. The first-order valence-corrected chi connectivity index (χ1v) is 4.80. The quantitative estimate of drug-likeness (QED) is 0.609. The normalized spacial score (nSPS) is 29.1. The first-order valence-electron chi connectivity index (χ1n) is 4.80. The molecular formula is C9H17N3. The van der Waals surface area contributed by atoms with Gasteiger partial charge in [0, 0.05) is 25.6 Å². The average Bonchev–Trinajstić information content (AvgIpc) is 2.47. The molecule has 3 heteroatoms. The molecule has 1 saturated heterocycles. The highest BCUT2D eigenvalue weighted by Gasteiger charge is 2.30. The molecule has 1 N–H and O–H groups in total. The van der Waals surface area contributed by atoms with Crippen LogP contribution in [0.3, 0.4) is 0 Å². The van der Waals surface area contributed by atoms with E-state index in [9.17, 15) is 0 Å². The number of fused-ring (bicyclic) bond motifs is 1. The van der Waals surface area contributed by atoms with Gasteiger partial charge in [-0.3, -0.25) is 4.99 Å². The van der Waals surface area contributed by atoms with Gasteiger partial charge in [0.05, 0.1) is 12.6 Å². The highest BCUT2D eigenvalue weighted by Crippen LogP contribution is 2.16. The minimum atomic E-state index is 0.591. The van der Waals surface area contributed by atoms with E-state index in [1.165, 1.54) is 5.84 Å². The molecule has 0 bridgehead atoms. The Bertz CT molecular complexity index is 198. The van der Waals surface area contributed by atoms with Crippen molar-refractivity contribution in [3.63, 3.8) is 0 Å². The van der Waals surface area contributed by atoms with Crippen LogP contribution in [-0.2, 0) is 0 Å². The summed E-state index contributed by atoms with van der Waals surface area (Å²) in [5, 5.41) is 3.40. The van der Waals surface area contributed by atoms with Gasteiger partial charge in [0.15, 0.2) is 0 Å². The maximum atomic E-state index is 4.58. The minimum Gasteiger partial charge on any atom is -0.353 e. The summed E-state index contributed by atoms with van der Waals surface area (Å²) < 4.78 is 0. The summed E-state index contributed by atoms with van der Waals surface area (Å²) in [5.74, 6) is 1.91. The molecule has 0 radical (unpaired) electrons. The lowest BCUT2D eigenvalue weighted by Crippen LogP contribution is -2.52. The molecule has 1 fully saturated rings. The van der Waals surface area contributed by atoms with Crippen molar-refractivity contribution in [3.05, 3.63) is 0 Å². The number of nitrogens with one attached hydrogen (secondary N) is 1. The lowest BCUT2D eigenvalue weighted by molar-refractivity contribution is 0.277. The number of aliphatic imine (C=N–C) groups is 1. The van der Waals surface area contributed by atoms with Crippen LogP contribution in [-0.4, -0.2) is 43.0 Å². The second-order valence-corrected chi connectivity index (χ2v) is 3.90. The number of piperazine rings is 1. The van der Waals surface area contributed by atoms with Gasteiger partial charge in [-0.2, -0.15) is 0 Å². The average molecular weight is 167 g/mol. The van der Waals surface area contributed by atoms with Crippen molar-refractivity contribution < 1.29 is 0 Å². The SMILES string of the molecule is CC(C)C1=NCC2CNCCN12. The summed E-state index contributed by atoms with van der Waals surface area (Å²) in [7, 11) is 0. The van der Waals surface area contributed by atoms with Gasteiger partial charge in [-0.15, -0.1) is 0 Å². The van der Waals surface area contributed by atoms with Crippen molar-refractivity contribution in [2.75, 3.05) is 26.2 Å². The molecule has 0 aromatic heterocycles. The summed E-state index contributed by atoms with van der Waals surface area (Å²) in [6.07, 6.45) is 0. The van der Waals surface area contributed by atoms with Crippen LogP contribution in [0, 0.1) is 5.92 Å². The predicted molar refractivity (Wildman–Crippen MR) is 50.5 cm³/mol. The van der Waals surface area contributed by atoms with Gasteiger partial charge in [0.2, 0.25) is 0 Å². The zero-order valence-electron chi connectivity index (χ0n) is 7.88. The summed E-state index contributed by atoms with van der Waals surface area (Å²) in [5.41, 5.74) is 0. The standard InChI is InChI=1S/C9H17N3/c1-7(2)9-11-6-8-5-10-3-4-12(8)9/h7-8,10H,3-6H2,1-2H3. The molecule has 0 amide bonds. The Hall–Kier alpha value is -0.570. The molecule has 1 unspecified atom stereocenters. The third kappa shape index (κ3) is 1.22. The fourth-order valence-electron chi connectivity index (χ4n) is 2.03. The largest absolute Gasteiger partial charge is 0.353 e. The highest BCUT2D eigenvalue weighted by molar-refractivity contribution is 5.86. The molecule has 68 valence electrons. The van der Waals surface area contributed by atoms with Gasteiger partial charge in [-0.05, 0) is 0 Å². The van der Waals surface area contributed by atoms with Gasteiger partial charge in [0.1, 0.15) is 5.84 Å². The Balaban J connectivity index is 2.08. The van der Waals surface area contributed by atoms with Crippen LogP contribution < -0.4 is 5.32 Å². The molecule has 0 spiro atoms. The maximum Gasteiger partial charge on any atom is 0.102 e. The Kier molecular flexibility index (Phi) is 2.05. The number of hydrogen-bond donors (Lipinski definition) is 1. The minimum absolute atomic E-state index is 0.591. The molecule has 2 aliphatic heterocycles. The Morgan fingerprint density at radius 2 is 2.42 bits per heavy atom. The molecule has 3 nitrogen and oxygen atoms in total. The van der Waals surface area contributed by atoms with Crippen LogP contribution in [0.2, 0.25) is 0 Å². The van der Waals surface area contributed by atoms with Gasteiger partial charge in [-0.25, -0.2) is 0 Å². The molecule has 1 atom stereocenters. The number of amidine groups is 1. The molecule has 0 aromatic rings. The van der Waals surface area contributed by atoms with E-state index in [1.807, 2.05) is 0 Å². The lowest BCUT2D eigenvalue weighted by atomic mass is 10.1. The van der Waals surface area contributed by atoms with E-state index in [-0.39, 0.29) is 0 Å². The van der Waals surface area contributed by atoms with E-state index in [2.05, 4.69) is 29.1 Å². The topological polar surface area (TPSA) is 27.6 Å². The van der Waals surface area contributed by atoms with Gasteiger partial charge in [-0.1, -0.05) is 13.8 Å². The molecule has 0 aromatic carbocycles. The predicted octanol–water partition coefficient (Wildman–Crippen LogP) is 0.328. The van der Waals surface area contributed by atoms with Crippen molar-refractivity contribution in [1.82, 2.24) is 10.2 Å². The highest BCUT2D eigenvalue weighted by atomic mass is 15.3. The molecule has 0 saturated carbocycles. The second kappa shape index (κ2) is 3.05. The number of nitrogens with zero attached hydrogens (tertiary/aromatic N) is 2. The van der Waals surface area contributed by atoms with Crippen molar-refractivity contribution in [3.8, 4) is 0 Å². The van der Waals surface area contributed by atoms with E-state index in [0.29, 0.717) is 12.0 Å². The van der Waals surface area contributed by atoms with Gasteiger partial charge < -0.3 is 10.2 Å². The van der Waals surface area contributed by atoms with Crippen LogP contribution in [0.15, 0.2) is 4.99 Å². The van der Waals surface area contributed by atoms with Gasteiger partial charge >= 0.3 is 0 Å². The maximum absolute atomic E-state index is 4.58. The first-order chi connectivity index (χ1) is 5.79. The number of rotatable bonds is 1. The third-order valence-electron chi connectivity index (χ3n) is 2.62. The second-order valence-electron chi connectivity index (χ2n) is 3.90. The smallest absolute Gasteiger partial charge is 0.102 e. The van der Waals surface area contributed by atoms with Crippen molar-refractivity contribution >= 4 is 5.84 Å². The molecule has 2 heterocycles. The van der Waals surface area contributed by atoms with Crippen LogP contribution in [0.5, 0.6) is 0 Å². The lowest BCUT2D eigenvalue weighted by Gasteiger charge is -2.33. The van der Waals surface area contributed by atoms with E-state index < -0.39 is 0 Å². The molecule has 0 aliphatic carbocycles. The van der Waals surface area contributed by atoms with Crippen LogP contribution >= 0.6 is 0 Å². The van der Waals surface area contributed by atoms with Crippen molar-refractivity contribution in [2.45, 2.75) is 19.9 Å². The van der Waals surface area contributed by atoms with E-state index >= 15 is 0 Å². The van der Waals surface area contributed by atoms with Crippen LogP contribution in [0.25, 0.3) is 0 Å². The Labute approximate surface area is 73.9 Å². The Morgan fingerprint density at radius 3 is 3.17 bits per heavy atom. The number of hydrogen-bond acceptors (Lipinski definition) is 3.